The number of carboxylic acid groups (broad SMARTS) is 1. The first kappa shape index (κ1) is 13.6. The summed E-state index contributed by atoms with van der Waals surface area (Å²) >= 11 is 2.63. The number of rotatable bonds is 5. The van der Waals surface area contributed by atoms with Gasteiger partial charge in [0.15, 0.2) is 0 Å². The first-order chi connectivity index (χ1) is 9.11. The van der Waals surface area contributed by atoms with Crippen molar-refractivity contribution in [3.8, 4) is 5.75 Å². The molecule has 1 aromatic carbocycles. The van der Waals surface area contributed by atoms with Crippen molar-refractivity contribution in [1.29, 1.82) is 0 Å². The van der Waals surface area contributed by atoms with Crippen molar-refractivity contribution < 1.29 is 19.0 Å². The van der Waals surface area contributed by atoms with Crippen LogP contribution in [0.25, 0.3) is 0 Å². The molecule has 0 spiro atoms. The predicted octanol–water partition coefficient (Wildman–Crippen LogP) is 3.11. The first-order valence-corrected chi connectivity index (χ1v) is 6.79. The summed E-state index contributed by atoms with van der Waals surface area (Å²) in [6, 6.07) is 2.23. The van der Waals surface area contributed by atoms with Crippen LogP contribution in [0.3, 0.4) is 0 Å². The number of carbonyl (C=O) groups is 1. The third-order valence-electron chi connectivity index (χ3n) is 2.19. The minimum atomic E-state index is -1.34. The van der Waals surface area contributed by atoms with Gasteiger partial charge in [0.25, 0.3) is 0 Å². The molecule has 0 saturated heterocycles. The maximum Gasteiger partial charge on any atom is 0.338 e. The first-order valence-electron chi connectivity index (χ1n) is 5.03. The lowest BCUT2D eigenvalue weighted by atomic mass is 10.2. The van der Waals surface area contributed by atoms with Crippen LogP contribution in [-0.4, -0.2) is 23.2 Å². The number of nitrogens with one attached hydrogen (secondary N) is 1. The van der Waals surface area contributed by atoms with E-state index in [1.807, 2.05) is 5.38 Å². The summed E-state index contributed by atoms with van der Waals surface area (Å²) in [7, 11) is 1.39. The number of thiazole rings is 1. The molecule has 0 aliphatic heterocycles. The van der Waals surface area contributed by atoms with E-state index < -0.39 is 17.3 Å². The van der Waals surface area contributed by atoms with E-state index in [0.717, 1.165) is 17.2 Å². The Morgan fingerprint density at radius 2 is 2.37 bits per heavy atom. The van der Waals surface area contributed by atoms with Gasteiger partial charge in [0.05, 0.1) is 23.9 Å². The average Bonchev–Trinajstić information content (AvgIpc) is 2.89. The van der Waals surface area contributed by atoms with Gasteiger partial charge in [0.1, 0.15) is 16.6 Å². The maximum atomic E-state index is 13.6. The van der Waals surface area contributed by atoms with Gasteiger partial charge >= 0.3 is 5.97 Å². The smallest absolute Gasteiger partial charge is 0.338 e. The molecule has 2 aromatic rings. The summed E-state index contributed by atoms with van der Waals surface area (Å²) in [5.74, 6) is -1.91. The van der Waals surface area contributed by atoms with Gasteiger partial charge in [0, 0.05) is 23.4 Å². The summed E-state index contributed by atoms with van der Waals surface area (Å²) in [6.07, 6.45) is 0. The van der Waals surface area contributed by atoms with E-state index in [1.165, 1.54) is 30.4 Å². The van der Waals surface area contributed by atoms with Gasteiger partial charge in [-0.15, -0.1) is 11.3 Å². The van der Waals surface area contributed by atoms with Crippen LogP contribution in [0.15, 0.2) is 28.0 Å². The fourth-order valence-corrected chi connectivity index (χ4v) is 2.64. The minimum absolute atomic E-state index is 0.251. The monoisotopic (exact) mass is 300 g/mol. The number of hydrogen-bond donors (Lipinski definition) is 2. The summed E-state index contributed by atoms with van der Waals surface area (Å²) in [6.45, 7) is 0. The second-order valence-corrected chi connectivity index (χ2v) is 4.91. The third-order valence-corrected chi connectivity index (χ3v) is 3.68. The number of aromatic carboxylic acids is 1. The van der Waals surface area contributed by atoms with Gasteiger partial charge in [-0.2, -0.15) is 0 Å². The number of methoxy groups -OCH3 is 1. The van der Waals surface area contributed by atoms with Gasteiger partial charge < -0.3 is 14.6 Å². The van der Waals surface area contributed by atoms with Crippen molar-refractivity contribution in [2.24, 2.45) is 0 Å². The molecule has 0 radical (unpaired) electrons. The zero-order valence-corrected chi connectivity index (χ0v) is 11.3. The van der Waals surface area contributed by atoms with Gasteiger partial charge in [0.2, 0.25) is 0 Å². The molecule has 0 saturated carbocycles. The molecule has 0 amide bonds. The predicted molar refractivity (Wildman–Crippen MR) is 71.5 cm³/mol. The van der Waals surface area contributed by atoms with E-state index in [4.69, 9.17) is 9.84 Å². The number of anilines is 1. The normalized spacial score (nSPS) is 10.2. The van der Waals surface area contributed by atoms with Crippen LogP contribution in [-0.2, 0) is 0 Å². The number of benzene rings is 1. The topological polar surface area (TPSA) is 71.5 Å². The van der Waals surface area contributed by atoms with Crippen molar-refractivity contribution in [2.75, 3.05) is 11.8 Å². The largest absolute Gasteiger partial charge is 0.495 e. The Morgan fingerprint density at radius 1 is 1.58 bits per heavy atom. The molecule has 1 aromatic heterocycles. The number of nitrogens with zero attached hydrogens (tertiary/aromatic N) is 1. The van der Waals surface area contributed by atoms with Gasteiger partial charge in [-0.25, -0.2) is 14.2 Å². The fourth-order valence-electron chi connectivity index (χ4n) is 1.33. The van der Waals surface area contributed by atoms with Crippen molar-refractivity contribution in [2.45, 2.75) is 5.03 Å². The molecule has 2 rings (SSSR count). The number of hydrogen-bond acceptors (Lipinski definition) is 6. The second-order valence-electron chi connectivity index (χ2n) is 3.37. The Kier molecular flexibility index (Phi) is 4.23. The minimum Gasteiger partial charge on any atom is -0.495 e. The molecule has 0 atom stereocenters. The van der Waals surface area contributed by atoms with Crippen LogP contribution in [0.1, 0.15) is 10.4 Å². The molecule has 0 bridgehead atoms. The lowest BCUT2D eigenvalue weighted by molar-refractivity contribution is 0.0691. The second kappa shape index (κ2) is 5.89. The number of ether oxygens (including phenoxy) is 1. The van der Waals surface area contributed by atoms with E-state index in [0.29, 0.717) is 5.69 Å². The Balaban J connectivity index is 2.24. The summed E-state index contributed by atoms with van der Waals surface area (Å²) in [5.41, 5.74) is 1.60. The summed E-state index contributed by atoms with van der Waals surface area (Å²) in [5, 5.41) is 11.4. The molecule has 0 unspecified atom stereocenters. The zero-order chi connectivity index (χ0) is 13.8. The van der Waals surface area contributed by atoms with Crippen LogP contribution < -0.4 is 9.46 Å². The molecule has 2 N–H and O–H groups in total. The summed E-state index contributed by atoms with van der Waals surface area (Å²) < 4.78 is 21.5. The van der Waals surface area contributed by atoms with E-state index in [9.17, 15) is 9.18 Å². The molecule has 0 fully saturated rings. The van der Waals surface area contributed by atoms with Crippen LogP contribution >= 0.6 is 23.3 Å². The molecule has 0 aliphatic rings. The molecule has 5 nitrogen and oxygen atoms in total. The zero-order valence-electron chi connectivity index (χ0n) is 9.71. The molecule has 8 heteroatoms. The van der Waals surface area contributed by atoms with Crippen LogP contribution in [0, 0.1) is 5.82 Å². The van der Waals surface area contributed by atoms with E-state index >= 15 is 0 Å². The molecule has 19 heavy (non-hydrogen) atoms. The van der Waals surface area contributed by atoms with Crippen LogP contribution in [0.2, 0.25) is 0 Å². The molecular weight excluding hydrogens is 291 g/mol. The quantitative estimate of drug-likeness (QED) is 0.827. The van der Waals surface area contributed by atoms with E-state index in [2.05, 4.69) is 9.71 Å². The maximum absolute atomic E-state index is 13.6. The SMILES string of the molecule is COc1cc(C(=O)O)c(F)cc1NSc1cscn1. The lowest BCUT2D eigenvalue weighted by Crippen LogP contribution is -2.03. The van der Waals surface area contributed by atoms with Gasteiger partial charge in [-0.3, -0.25) is 0 Å². The number of carboxylic acids is 1. The Bertz CT molecular complexity index is 590. The lowest BCUT2D eigenvalue weighted by Gasteiger charge is -2.11. The third kappa shape index (κ3) is 3.15. The van der Waals surface area contributed by atoms with Crippen LogP contribution in [0.5, 0.6) is 5.75 Å². The average molecular weight is 300 g/mol. The highest BCUT2D eigenvalue weighted by molar-refractivity contribution is 8.00. The highest BCUT2D eigenvalue weighted by Crippen LogP contribution is 2.31. The molecule has 100 valence electrons. The van der Waals surface area contributed by atoms with Crippen molar-refractivity contribution in [1.82, 2.24) is 4.98 Å². The highest BCUT2D eigenvalue weighted by Gasteiger charge is 2.15. The molecule has 0 aliphatic carbocycles. The number of aromatic nitrogens is 1. The molecule has 1 heterocycles. The standard InChI is InChI=1S/C11H9FN2O3S2/c1-17-9-2-6(11(15)16)7(12)3-8(9)14-19-10-4-18-5-13-10/h2-5,14H,1H3,(H,15,16). The Morgan fingerprint density at radius 3 is 2.95 bits per heavy atom. The van der Waals surface area contributed by atoms with Gasteiger partial charge in [-0.1, -0.05) is 0 Å². The fraction of sp³-hybridized carbons (Fsp3) is 0.0909. The van der Waals surface area contributed by atoms with E-state index in [1.54, 1.807) is 5.51 Å². The van der Waals surface area contributed by atoms with Gasteiger partial charge in [-0.05, 0) is 6.07 Å². The Labute approximate surface area is 116 Å². The van der Waals surface area contributed by atoms with Crippen molar-refractivity contribution >= 4 is 34.9 Å². The Hall–Kier alpha value is -1.80. The highest BCUT2D eigenvalue weighted by atomic mass is 32.2. The van der Waals surface area contributed by atoms with Crippen LogP contribution in [0.4, 0.5) is 10.1 Å². The summed E-state index contributed by atoms with van der Waals surface area (Å²) in [4.78, 5) is 14.9. The van der Waals surface area contributed by atoms with Crippen molar-refractivity contribution in [3.05, 3.63) is 34.4 Å². The number of halogens is 1. The molecular formula is C11H9FN2O3S2. The van der Waals surface area contributed by atoms with E-state index in [-0.39, 0.29) is 5.75 Å². The van der Waals surface area contributed by atoms with Crippen molar-refractivity contribution in [3.63, 3.8) is 0 Å².